The molecule has 2 heterocycles. The number of benzene rings is 1. The second-order valence-corrected chi connectivity index (χ2v) is 6.19. The minimum absolute atomic E-state index is 0.0864. The number of rotatable bonds is 5. The number of nitrogens with zero attached hydrogens (tertiary/aromatic N) is 1. The number of carbonyl (C=O) groups is 2. The molecule has 2 aromatic rings. The molecule has 24 heavy (non-hydrogen) atoms. The number of carbonyl (C=O) groups excluding carboxylic acids is 2. The highest BCUT2D eigenvalue weighted by Gasteiger charge is 2.44. The maximum Gasteiger partial charge on any atom is 0.290 e. The van der Waals surface area contributed by atoms with E-state index in [0.29, 0.717) is 4.88 Å². The number of ketones is 1. The molecule has 0 saturated heterocycles. The fraction of sp³-hybridized carbons (Fsp3) is 0.111. The molecule has 0 fully saturated rings. The van der Waals surface area contributed by atoms with Crippen molar-refractivity contribution in [2.45, 2.75) is 6.04 Å². The van der Waals surface area contributed by atoms with Crippen molar-refractivity contribution in [3.8, 4) is 0 Å². The van der Waals surface area contributed by atoms with Crippen LogP contribution in [-0.2, 0) is 4.79 Å². The summed E-state index contributed by atoms with van der Waals surface area (Å²) in [6.07, 6.45) is 1.47. The molecule has 0 spiro atoms. The number of Topliss-reactive ketones (excluding diaryl/α,β-unsaturated/α-hetero) is 1. The van der Waals surface area contributed by atoms with Gasteiger partial charge in [0, 0.05) is 12.1 Å². The van der Waals surface area contributed by atoms with Crippen LogP contribution in [0.25, 0.3) is 0 Å². The molecule has 1 aromatic carbocycles. The second kappa shape index (κ2) is 6.41. The standard InChI is InChI=1S/C18H14FNO3S/c1-2-9-20-15(11-6-3-4-7-12(11)19)14(17(22)18(20)23)16(21)13-8-5-10-24-13/h2-8,10,15,22H,1,9H2/t15-/m1/s1. The van der Waals surface area contributed by atoms with E-state index in [2.05, 4.69) is 6.58 Å². The first-order valence-corrected chi connectivity index (χ1v) is 8.11. The zero-order valence-electron chi connectivity index (χ0n) is 12.6. The van der Waals surface area contributed by atoms with E-state index in [-0.39, 0.29) is 17.7 Å². The van der Waals surface area contributed by atoms with E-state index in [0.717, 1.165) is 0 Å². The third kappa shape index (κ3) is 2.55. The Kier molecular flexibility index (Phi) is 4.31. The molecular weight excluding hydrogens is 329 g/mol. The van der Waals surface area contributed by atoms with Gasteiger partial charge in [0.15, 0.2) is 5.76 Å². The van der Waals surface area contributed by atoms with E-state index in [1.54, 1.807) is 23.6 Å². The van der Waals surface area contributed by atoms with Crippen LogP contribution >= 0.6 is 11.3 Å². The van der Waals surface area contributed by atoms with Gasteiger partial charge in [-0.15, -0.1) is 17.9 Å². The van der Waals surface area contributed by atoms with Crippen LogP contribution in [0.2, 0.25) is 0 Å². The Labute approximate surface area is 142 Å². The fourth-order valence-corrected chi connectivity index (χ4v) is 3.45. The summed E-state index contributed by atoms with van der Waals surface area (Å²) < 4.78 is 14.3. The molecule has 0 aliphatic carbocycles. The van der Waals surface area contributed by atoms with Gasteiger partial charge >= 0.3 is 0 Å². The normalized spacial score (nSPS) is 17.5. The van der Waals surface area contributed by atoms with Crippen molar-refractivity contribution in [2.24, 2.45) is 0 Å². The quantitative estimate of drug-likeness (QED) is 0.666. The first-order chi connectivity index (χ1) is 11.6. The summed E-state index contributed by atoms with van der Waals surface area (Å²) >= 11 is 1.20. The van der Waals surface area contributed by atoms with Crippen LogP contribution in [0.15, 0.2) is 65.8 Å². The fourth-order valence-electron chi connectivity index (χ4n) is 2.77. The van der Waals surface area contributed by atoms with Crippen molar-refractivity contribution >= 4 is 23.0 Å². The number of thiophene rings is 1. The van der Waals surface area contributed by atoms with Crippen LogP contribution in [0, 0.1) is 5.82 Å². The predicted octanol–water partition coefficient (Wildman–Crippen LogP) is 3.65. The monoisotopic (exact) mass is 343 g/mol. The number of aliphatic hydroxyl groups is 1. The zero-order chi connectivity index (χ0) is 17.3. The molecule has 0 bridgehead atoms. The summed E-state index contributed by atoms with van der Waals surface area (Å²) in [5.41, 5.74) is 0.0612. The third-order valence-electron chi connectivity index (χ3n) is 3.82. The van der Waals surface area contributed by atoms with Crippen molar-refractivity contribution in [2.75, 3.05) is 6.54 Å². The van der Waals surface area contributed by atoms with Gasteiger partial charge in [0.2, 0.25) is 5.78 Å². The smallest absolute Gasteiger partial charge is 0.290 e. The molecule has 1 aliphatic heterocycles. The summed E-state index contributed by atoms with van der Waals surface area (Å²) in [7, 11) is 0. The summed E-state index contributed by atoms with van der Waals surface area (Å²) in [6.45, 7) is 3.67. The van der Waals surface area contributed by atoms with Crippen LogP contribution < -0.4 is 0 Å². The lowest BCUT2D eigenvalue weighted by molar-refractivity contribution is -0.128. The second-order valence-electron chi connectivity index (χ2n) is 5.24. The van der Waals surface area contributed by atoms with Gasteiger partial charge in [0.25, 0.3) is 5.91 Å². The van der Waals surface area contributed by atoms with Crippen molar-refractivity contribution in [1.29, 1.82) is 0 Å². The highest BCUT2D eigenvalue weighted by atomic mass is 32.1. The van der Waals surface area contributed by atoms with Gasteiger partial charge in [-0.25, -0.2) is 4.39 Å². The summed E-state index contributed by atoms with van der Waals surface area (Å²) in [4.78, 5) is 26.8. The Hall–Kier alpha value is -2.73. The number of aliphatic hydroxyl groups excluding tert-OH is 1. The molecule has 1 aliphatic rings. The van der Waals surface area contributed by atoms with Crippen LogP contribution in [0.4, 0.5) is 4.39 Å². The molecule has 0 saturated carbocycles. The molecule has 0 radical (unpaired) electrons. The van der Waals surface area contributed by atoms with Crippen molar-refractivity contribution in [1.82, 2.24) is 4.90 Å². The Bertz CT molecular complexity index is 842. The molecule has 122 valence electrons. The van der Waals surface area contributed by atoms with Gasteiger partial charge in [-0.05, 0) is 17.5 Å². The average molecular weight is 343 g/mol. The lowest BCUT2D eigenvalue weighted by Crippen LogP contribution is -2.31. The van der Waals surface area contributed by atoms with E-state index >= 15 is 0 Å². The minimum Gasteiger partial charge on any atom is -0.503 e. The largest absolute Gasteiger partial charge is 0.503 e. The molecule has 0 unspecified atom stereocenters. The Balaban J connectivity index is 2.16. The Morgan fingerprint density at radius 3 is 2.71 bits per heavy atom. The Morgan fingerprint density at radius 2 is 2.08 bits per heavy atom. The van der Waals surface area contributed by atoms with Gasteiger partial charge in [-0.1, -0.05) is 30.3 Å². The third-order valence-corrected chi connectivity index (χ3v) is 4.69. The molecule has 3 rings (SSSR count). The maximum absolute atomic E-state index is 14.3. The summed E-state index contributed by atoms with van der Waals surface area (Å²) in [6, 6.07) is 8.23. The highest BCUT2D eigenvalue weighted by molar-refractivity contribution is 7.12. The van der Waals surface area contributed by atoms with E-state index in [4.69, 9.17) is 0 Å². The number of hydrogen-bond acceptors (Lipinski definition) is 4. The molecule has 4 nitrogen and oxygen atoms in total. The summed E-state index contributed by atoms with van der Waals surface area (Å²) in [5.74, 6) is -2.36. The lowest BCUT2D eigenvalue weighted by Gasteiger charge is -2.25. The Morgan fingerprint density at radius 1 is 1.33 bits per heavy atom. The van der Waals surface area contributed by atoms with Gasteiger partial charge in [0.1, 0.15) is 5.82 Å². The molecule has 6 heteroatoms. The molecule has 1 amide bonds. The van der Waals surface area contributed by atoms with Crippen LogP contribution in [0.3, 0.4) is 0 Å². The zero-order valence-corrected chi connectivity index (χ0v) is 13.4. The van der Waals surface area contributed by atoms with E-state index in [9.17, 15) is 19.1 Å². The maximum atomic E-state index is 14.3. The van der Waals surface area contributed by atoms with E-state index in [1.165, 1.54) is 40.5 Å². The van der Waals surface area contributed by atoms with Gasteiger partial charge < -0.3 is 10.0 Å². The molecule has 1 N–H and O–H groups in total. The van der Waals surface area contributed by atoms with Gasteiger partial charge in [-0.3, -0.25) is 9.59 Å². The van der Waals surface area contributed by atoms with Crippen molar-refractivity contribution < 1.29 is 19.1 Å². The summed E-state index contributed by atoms with van der Waals surface area (Å²) in [5, 5.41) is 12.0. The first-order valence-electron chi connectivity index (χ1n) is 7.24. The van der Waals surface area contributed by atoms with E-state index < -0.39 is 29.3 Å². The predicted molar refractivity (Wildman–Crippen MR) is 89.4 cm³/mol. The van der Waals surface area contributed by atoms with Crippen molar-refractivity contribution in [3.05, 3.63) is 82.0 Å². The molecule has 1 aromatic heterocycles. The van der Waals surface area contributed by atoms with Crippen LogP contribution in [0.5, 0.6) is 0 Å². The first kappa shape index (κ1) is 16.1. The van der Waals surface area contributed by atoms with Gasteiger partial charge in [0.05, 0.1) is 16.5 Å². The number of halogens is 1. The number of amides is 1. The molecule has 1 atom stereocenters. The van der Waals surface area contributed by atoms with Crippen LogP contribution in [-0.4, -0.2) is 28.2 Å². The SMILES string of the molecule is C=CCN1C(=O)C(O)=C(C(=O)c2cccs2)[C@H]1c1ccccc1F. The van der Waals surface area contributed by atoms with Crippen molar-refractivity contribution in [3.63, 3.8) is 0 Å². The number of hydrogen-bond donors (Lipinski definition) is 1. The molecular formula is C18H14FNO3S. The van der Waals surface area contributed by atoms with Crippen LogP contribution in [0.1, 0.15) is 21.3 Å². The minimum atomic E-state index is -0.980. The van der Waals surface area contributed by atoms with E-state index in [1.807, 2.05) is 0 Å². The van der Waals surface area contributed by atoms with Gasteiger partial charge in [-0.2, -0.15) is 0 Å². The highest BCUT2D eigenvalue weighted by Crippen LogP contribution is 2.40. The average Bonchev–Trinajstić information content (AvgIpc) is 3.18. The topological polar surface area (TPSA) is 57.6 Å². The lowest BCUT2D eigenvalue weighted by atomic mass is 9.95.